The van der Waals surface area contributed by atoms with Gasteiger partial charge in [-0.2, -0.15) is 0 Å². The van der Waals surface area contributed by atoms with Gasteiger partial charge >= 0.3 is 0 Å². The number of methoxy groups -OCH3 is 3. The van der Waals surface area contributed by atoms with Crippen LogP contribution in [-0.2, 0) is 0 Å². The molecule has 0 atom stereocenters. The molecule has 0 aromatic heterocycles. The first-order chi connectivity index (χ1) is 12.5. The average Bonchev–Trinajstić information content (AvgIpc) is 2.67. The summed E-state index contributed by atoms with van der Waals surface area (Å²) in [4.78, 5) is 24.3. The lowest BCUT2D eigenvalue weighted by Crippen LogP contribution is -2.22. The van der Waals surface area contributed by atoms with E-state index in [1.54, 1.807) is 36.4 Å². The monoisotopic (exact) mass is 358 g/mol. The Kier molecular flexibility index (Phi) is 6.43. The van der Waals surface area contributed by atoms with Crippen molar-refractivity contribution in [2.75, 3.05) is 33.2 Å². The third-order valence-electron chi connectivity index (χ3n) is 3.67. The van der Waals surface area contributed by atoms with Gasteiger partial charge in [0.25, 0.3) is 11.8 Å². The van der Waals surface area contributed by atoms with Crippen molar-refractivity contribution >= 4 is 17.5 Å². The highest BCUT2D eigenvalue weighted by atomic mass is 16.5. The smallest absolute Gasteiger partial charge is 0.255 e. The molecule has 0 radical (unpaired) electrons. The Morgan fingerprint density at radius 3 is 1.88 bits per heavy atom. The number of benzene rings is 2. The number of amides is 2. The minimum absolute atomic E-state index is 0.157. The van der Waals surface area contributed by atoms with Crippen molar-refractivity contribution < 1.29 is 23.8 Å². The maximum Gasteiger partial charge on any atom is 0.255 e. The molecule has 0 saturated heterocycles. The molecule has 0 fully saturated rings. The van der Waals surface area contributed by atoms with E-state index in [0.29, 0.717) is 40.6 Å². The highest BCUT2D eigenvalue weighted by Crippen LogP contribution is 2.38. The molecule has 0 bridgehead atoms. The highest BCUT2D eigenvalue weighted by Gasteiger charge is 2.17. The van der Waals surface area contributed by atoms with E-state index in [4.69, 9.17) is 14.2 Å². The Morgan fingerprint density at radius 1 is 0.846 bits per heavy atom. The summed E-state index contributed by atoms with van der Waals surface area (Å²) in [5.74, 6) is 0.704. The summed E-state index contributed by atoms with van der Waals surface area (Å²) in [5.41, 5.74) is 1.45. The first-order valence-electron chi connectivity index (χ1n) is 8.03. The molecule has 0 aliphatic carbocycles. The van der Waals surface area contributed by atoms with Crippen molar-refractivity contribution in [2.24, 2.45) is 0 Å². The van der Waals surface area contributed by atoms with Gasteiger partial charge in [-0.3, -0.25) is 9.59 Å². The quantitative estimate of drug-likeness (QED) is 0.795. The standard InChI is InChI=1S/C19H22N2O5/c1-5-20-18(22)12-6-8-14(9-7-12)21-19(23)13-10-15(24-2)17(26-4)16(11-13)25-3/h6-11H,5H2,1-4H3,(H,20,22)(H,21,23). The van der Waals surface area contributed by atoms with Gasteiger partial charge in [0.2, 0.25) is 5.75 Å². The zero-order valence-corrected chi connectivity index (χ0v) is 15.2. The van der Waals surface area contributed by atoms with Crippen LogP contribution in [0, 0.1) is 0 Å². The number of hydrogen-bond acceptors (Lipinski definition) is 5. The summed E-state index contributed by atoms with van der Waals surface area (Å²) in [6, 6.07) is 9.77. The second-order valence-corrected chi connectivity index (χ2v) is 5.30. The van der Waals surface area contributed by atoms with Crippen LogP contribution in [0.15, 0.2) is 36.4 Å². The van der Waals surface area contributed by atoms with E-state index in [1.165, 1.54) is 21.3 Å². The van der Waals surface area contributed by atoms with Crippen molar-refractivity contribution in [2.45, 2.75) is 6.92 Å². The van der Waals surface area contributed by atoms with Crippen molar-refractivity contribution in [3.05, 3.63) is 47.5 Å². The second-order valence-electron chi connectivity index (χ2n) is 5.30. The number of rotatable bonds is 7. The van der Waals surface area contributed by atoms with Gasteiger partial charge in [-0.05, 0) is 43.3 Å². The van der Waals surface area contributed by atoms with E-state index in [0.717, 1.165) is 0 Å². The lowest BCUT2D eigenvalue weighted by Gasteiger charge is -2.14. The fraction of sp³-hybridized carbons (Fsp3) is 0.263. The van der Waals surface area contributed by atoms with Gasteiger partial charge in [0.15, 0.2) is 11.5 Å². The van der Waals surface area contributed by atoms with Gasteiger partial charge in [-0.1, -0.05) is 0 Å². The van der Waals surface area contributed by atoms with Gasteiger partial charge in [0.1, 0.15) is 0 Å². The van der Waals surface area contributed by atoms with Crippen molar-refractivity contribution in [3.8, 4) is 17.2 Å². The molecule has 0 spiro atoms. The minimum Gasteiger partial charge on any atom is -0.493 e. The predicted molar refractivity (Wildman–Crippen MR) is 98.5 cm³/mol. The first kappa shape index (κ1) is 19.1. The van der Waals surface area contributed by atoms with E-state index in [-0.39, 0.29) is 11.8 Å². The van der Waals surface area contributed by atoms with Gasteiger partial charge in [-0.15, -0.1) is 0 Å². The molecular weight excluding hydrogens is 336 g/mol. The Bertz CT molecular complexity index is 762. The third kappa shape index (κ3) is 4.24. The summed E-state index contributed by atoms with van der Waals surface area (Å²) in [7, 11) is 4.47. The van der Waals surface area contributed by atoms with Crippen LogP contribution in [0.3, 0.4) is 0 Å². The van der Waals surface area contributed by atoms with E-state index >= 15 is 0 Å². The third-order valence-corrected chi connectivity index (χ3v) is 3.67. The number of hydrogen-bond donors (Lipinski definition) is 2. The fourth-order valence-electron chi connectivity index (χ4n) is 2.38. The molecule has 7 nitrogen and oxygen atoms in total. The average molecular weight is 358 g/mol. The summed E-state index contributed by atoms with van der Waals surface area (Å²) in [6.45, 7) is 2.41. The number of anilines is 1. The molecule has 0 heterocycles. The van der Waals surface area contributed by atoms with Gasteiger partial charge in [0, 0.05) is 23.4 Å². The molecule has 0 saturated carbocycles. The SMILES string of the molecule is CCNC(=O)c1ccc(NC(=O)c2cc(OC)c(OC)c(OC)c2)cc1. The van der Waals surface area contributed by atoms with Crippen LogP contribution in [0.2, 0.25) is 0 Å². The van der Waals surface area contributed by atoms with Crippen LogP contribution < -0.4 is 24.8 Å². The predicted octanol–water partition coefficient (Wildman–Crippen LogP) is 2.71. The Hall–Kier alpha value is -3.22. The Labute approximate surface area is 152 Å². The molecule has 2 rings (SSSR count). The molecule has 2 aromatic rings. The van der Waals surface area contributed by atoms with Crippen LogP contribution in [0.25, 0.3) is 0 Å². The molecular formula is C19H22N2O5. The van der Waals surface area contributed by atoms with E-state index in [9.17, 15) is 9.59 Å². The number of carbonyl (C=O) groups excluding carboxylic acids is 2. The molecule has 0 aliphatic rings. The minimum atomic E-state index is -0.338. The van der Waals surface area contributed by atoms with Crippen LogP contribution >= 0.6 is 0 Å². The van der Waals surface area contributed by atoms with Gasteiger partial charge in [0.05, 0.1) is 21.3 Å². The van der Waals surface area contributed by atoms with E-state index < -0.39 is 0 Å². The molecule has 7 heteroatoms. The summed E-state index contributed by atoms with van der Waals surface area (Å²) < 4.78 is 15.8. The first-order valence-corrected chi connectivity index (χ1v) is 8.03. The largest absolute Gasteiger partial charge is 0.493 e. The highest BCUT2D eigenvalue weighted by molar-refractivity contribution is 6.05. The maximum atomic E-state index is 12.5. The second kappa shape index (κ2) is 8.75. The lowest BCUT2D eigenvalue weighted by molar-refractivity contribution is 0.0955. The van der Waals surface area contributed by atoms with Gasteiger partial charge < -0.3 is 24.8 Å². The van der Waals surface area contributed by atoms with E-state index in [2.05, 4.69) is 10.6 Å². The fourth-order valence-corrected chi connectivity index (χ4v) is 2.38. The van der Waals surface area contributed by atoms with Crippen molar-refractivity contribution in [3.63, 3.8) is 0 Å². The summed E-state index contributed by atoms with van der Waals surface area (Å²) in [5, 5.41) is 5.49. The number of nitrogens with one attached hydrogen (secondary N) is 2. The summed E-state index contributed by atoms with van der Waals surface area (Å²) in [6.07, 6.45) is 0. The van der Waals surface area contributed by atoms with Crippen molar-refractivity contribution in [1.82, 2.24) is 5.32 Å². The van der Waals surface area contributed by atoms with Crippen LogP contribution in [-0.4, -0.2) is 39.7 Å². The Morgan fingerprint density at radius 2 is 1.42 bits per heavy atom. The maximum absolute atomic E-state index is 12.5. The van der Waals surface area contributed by atoms with Crippen LogP contribution in [0.1, 0.15) is 27.6 Å². The van der Waals surface area contributed by atoms with Gasteiger partial charge in [-0.25, -0.2) is 0 Å². The normalized spacial score (nSPS) is 10.0. The zero-order chi connectivity index (χ0) is 19.1. The molecule has 0 unspecified atom stereocenters. The molecule has 0 aliphatic heterocycles. The zero-order valence-electron chi connectivity index (χ0n) is 15.2. The molecule has 26 heavy (non-hydrogen) atoms. The molecule has 2 aromatic carbocycles. The molecule has 138 valence electrons. The number of carbonyl (C=O) groups is 2. The van der Waals surface area contributed by atoms with Crippen molar-refractivity contribution in [1.29, 1.82) is 0 Å². The van der Waals surface area contributed by atoms with Crippen LogP contribution in [0.5, 0.6) is 17.2 Å². The van der Waals surface area contributed by atoms with Crippen LogP contribution in [0.4, 0.5) is 5.69 Å². The number of ether oxygens (including phenoxy) is 3. The summed E-state index contributed by atoms with van der Waals surface area (Å²) >= 11 is 0. The molecule has 2 amide bonds. The Balaban J connectivity index is 2.20. The molecule has 2 N–H and O–H groups in total. The van der Waals surface area contributed by atoms with E-state index in [1.807, 2.05) is 6.92 Å². The topological polar surface area (TPSA) is 85.9 Å². The lowest BCUT2D eigenvalue weighted by atomic mass is 10.1.